The number of likely N-dealkylation sites (tertiary alicyclic amines) is 2. The average Bonchev–Trinajstić information content (AvgIpc) is 3.22. The van der Waals surface area contributed by atoms with Gasteiger partial charge in [-0.1, -0.05) is 6.92 Å². The first-order valence-electron chi connectivity index (χ1n) is 8.92. The van der Waals surface area contributed by atoms with E-state index in [2.05, 4.69) is 40.1 Å². The highest BCUT2D eigenvalue weighted by atomic mass is 32.1. The van der Waals surface area contributed by atoms with Crippen LogP contribution >= 0.6 is 11.3 Å². The monoisotopic (exact) mass is 321 g/mol. The van der Waals surface area contributed by atoms with Gasteiger partial charge in [-0.05, 0) is 75.4 Å². The van der Waals surface area contributed by atoms with Crippen molar-refractivity contribution in [2.75, 3.05) is 46.3 Å². The van der Waals surface area contributed by atoms with E-state index in [0.717, 1.165) is 19.0 Å². The zero-order chi connectivity index (χ0) is 15.4. The molecular weight excluding hydrogens is 290 g/mol. The van der Waals surface area contributed by atoms with E-state index in [0.29, 0.717) is 0 Å². The molecule has 0 spiro atoms. The van der Waals surface area contributed by atoms with Crippen LogP contribution in [-0.2, 0) is 13.1 Å². The van der Waals surface area contributed by atoms with Crippen molar-refractivity contribution in [3.63, 3.8) is 0 Å². The first kappa shape index (κ1) is 16.4. The SMILES string of the molecule is CCN1CC[C@H](CN(C)Cc2cc(CN3CCCC3)cs2)C1. The van der Waals surface area contributed by atoms with Gasteiger partial charge in [0.25, 0.3) is 0 Å². The second-order valence-electron chi connectivity index (χ2n) is 7.15. The minimum Gasteiger partial charge on any atom is -0.303 e. The highest BCUT2D eigenvalue weighted by molar-refractivity contribution is 7.10. The van der Waals surface area contributed by atoms with Gasteiger partial charge >= 0.3 is 0 Å². The first-order chi connectivity index (χ1) is 10.7. The fraction of sp³-hybridized carbons (Fsp3) is 0.778. The molecule has 4 heteroatoms. The number of hydrogen-bond acceptors (Lipinski definition) is 4. The highest BCUT2D eigenvalue weighted by Crippen LogP contribution is 2.22. The average molecular weight is 322 g/mol. The lowest BCUT2D eigenvalue weighted by atomic mass is 10.1. The molecule has 3 heterocycles. The Bertz CT molecular complexity index is 453. The van der Waals surface area contributed by atoms with Gasteiger partial charge in [-0.25, -0.2) is 0 Å². The summed E-state index contributed by atoms with van der Waals surface area (Å²) in [6.07, 6.45) is 4.15. The summed E-state index contributed by atoms with van der Waals surface area (Å²) in [6, 6.07) is 2.44. The van der Waals surface area contributed by atoms with Crippen molar-refractivity contribution in [1.82, 2.24) is 14.7 Å². The normalized spacial score (nSPS) is 23.9. The van der Waals surface area contributed by atoms with E-state index in [1.807, 2.05) is 11.3 Å². The van der Waals surface area contributed by atoms with E-state index >= 15 is 0 Å². The summed E-state index contributed by atoms with van der Waals surface area (Å²) in [7, 11) is 2.29. The second kappa shape index (κ2) is 7.91. The molecule has 1 aromatic heterocycles. The van der Waals surface area contributed by atoms with E-state index in [1.165, 1.54) is 69.0 Å². The first-order valence-corrected chi connectivity index (χ1v) is 9.80. The number of thiophene rings is 1. The Balaban J connectivity index is 1.43. The molecule has 2 aliphatic rings. The Kier molecular flexibility index (Phi) is 5.91. The molecule has 0 unspecified atom stereocenters. The Morgan fingerprint density at radius 2 is 2.05 bits per heavy atom. The summed E-state index contributed by atoms with van der Waals surface area (Å²) in [5, 5.41) is 2.37. The van der Waals surface area contributed by atoms with Gasteiger partial charge in [-0.15, -0.1) is 11.3 Å². The van der Waals surface area contributed by atoms with Crippen molar-refractivity contribution in [2.45, 2.75) is 39.3 Å². The minimum atomic E-state index is 0.869. The van der Waals surface area contributed by atoms with Crippen LogP contribution in [0.25, 0.3) is 0 Å². The molecule has 124 valence electrons. The lowest BCUT2D eigenvalue weighted by Gasteiger charge is -2.20. The number of nitrogens with zero attached hydrogens (tertiary/aromatic N) is 3. The third-order valence-electron chi connectivity index (χ3n) is 5.13. The molecule has 2 aliphatic heterocycles. The standard InChI is InChI=1S/C18H31N3S/c1-3-20-9-6-16(12-20)11-19(2)14-18-10-17(15-22-18)13-21-7-4-5-8-21/h10,15-16H,3-9,11-14H2,1-2H3/t16-/m1/s1. The fourth-order valence-electron chi connectivity index (χ4n) is 3.91. The molecule has 0 aromatic carbocycles. The molecule has 0 bridgehead atoms. The summed E-state index contributed by atoms with van der Waals surface area (Å²) in [6.45, 7) is 12.2. The van der Waals surface area contributed by atoms with Crippen LogP contribution in [0.3, 0.4) is 0 Å². The summed E-state index contributed by atoms with van der Waals surface area (Å²) < 4.78 is 0. The summed E-state index contributed by atoms with van der Waals surface area (Å²) in [5.74, 6) is 0.869. The van der Waals surface area contributed by atoms with Crippen LogP contribution in [0.4, 0.5) is 0 Å². The lowest BCUT2D eigenvalue weighted by Crippen LogP contribution is -2.27. The van der Waals surface area contributed by atoms with Gasteiger partial charge in [0, 0.05) is 31.1 Å². The molecule has 0 aliphatic carbocycles. The smallest absolute Gasteiger partial charge is 0.0325 e. The predicted octanol–water partition coefficient (Wildman–Crippen LogP) is 3.12. The van der Waals surface area contributed by atoms with Crippen LogP contribution in [0, 0.1) is 5.92 Å². The summed E-state index contributed by atoms with van der Waals surface area (Å²) in [4.78, 5) is 9.22. The molecule has 3 rings (SSSR count). The second-order valence-corrected chi connectivity index (χ2v) is 8.14. The van der Waals surface area contributed by atoms with E-state index in [9.17, 15) is 0 Å². The molecule has 1 aromatic rings. The van der Waals surface area contributed by atoms with Crippen LogP contribution in [0.15, 0.2) is 11.4 Å². The quantitative estimate of drug-likeness (QED) is 0.764. The van der Waals surface area contributed by atoms with Crippen molar-refractivity contribution < 1.29 is 0 Å². The molecule has 22 heavy (non-hydrogen) atoms. The molecule has 0 amide bonds. The fourth-order valence-corrected chi connectivity index (χ4v) is 4.87. The molecule has 2 fully saturated rings. The van der Waals surface area contributed by atoms with Crippen LogP contribution < -0.4 is 0 Å². The van der Waals surface area contributed by atoms with E-state index < -0.39 is 0 Å². The van der Waals surface area contributed by atoms with Gasteiger partial charge in [0.05, 0.1) is 0 Å². The van der Waals surface area contributed by atoms with Gasteiger partial charge in [0.2, 0.25) is 0 Å². The Morgan fingerprint density at radius 3 is 2.77 bits per heavy atom. The van der Waals surface area contributed by atoms with Crippen molar-refractivity contribution in [3.8, 4) is 0 Å². The lowest BCUT2D eigenvalue weighted by molar-refractivity contribution is 0.262. The molecule has 2 saturated heterocycles. The molecule has 3 nitrogen and oxygen atoms in total. The predicted molar refractivity (Wildman–Crippen MR) is 95.4 cm³/mol. The highest BCUT2D eigenvalue weighted by Gasteiger charge is 2.22. The van der Waals surface area contributed by atoms with Crippen LogP contribution in [0.2, 0.25) is 0 Å². The Labute approximate surface area is 139 Å². The van der Waals surface area contributed by atoms with Gasteiger partial charge in [0.1, 0.15) is 0 Å². The summed E-state index contributed by atoms with van der Waals surface area (Å²) in [5.41, 5.74) is 1.52. The third-order valence-corrected chi connectivity index (χ3v) is 6.10. The van der Waals surface area contributed by atoms with Crippen molar-refractivity contribution in [3.05, 3.63) is 21.9 Å². The van der Waals surface area contributed by atoms with Gasteiger partial charge in [0.15, 0.2) is 0 Å². The molecular formula is C18H31N3S. The van der Waals surface area contributed by atoms with E-state index in [1.54, 1.807) is 0 Å². The third kappa shape index (κ3) is 4.54. The maximum absolute atomic E-state index is 2.59. The van der Waals surface area contributed by atoms with Crippen LogP contribution in [0.1, 0.15) is 36.6 Å². The van der Waals surface area contributed by atoms with Crippen molar-refractivity contribution >= 4 is 11.3 Å². The maximum Gasteiger partial charge on any atom is 0.0325 e. The van der Waals surface area contributed by atoms with Crippen molar-refractivity contribution in [1.29, 1.82) is 0 Å². The topological polar surface area (TPSA) is 9.72 Å². The Morgan fingerprint density at radius 1 is 1.23 bits per heavy atom. The van der Waals surface area contributed by atoms with E-state index in [4.69, 9.17) is 0 Å². The van der Waals surface area contributed by atoms with E-state index in [-0.39, 0.29) is 0 Å². The van der Waals surface area contributed by atoms with Gasteiger partial charge in [-0.3, -0.25) is 4.90 Å². The number of rotatable bonds is 7. The van der Waals surface area contributed by atoms with Gasteiger partial charge in [-0.2, -0.15) is 0 Å². The number of hydrogen-bond donors (Lipinski definition) is 0. The van der Waals surface area contributed by atoms with Crippen LogP contribution in [0.5, 0.6) is 0 Å². The zero-order valence-electron chi connectivity index (χ0n) is 14.3. The van der Waals surface area contributed by atoms with Crippen molar-refractivity contribution in [2.24, 2.45) is 5.92 Å². The molecule has 0 N–H and O–H groups in total. The zero-order valence-corrected chi connectivity index (χ0v) is 15.1. The minimum absolute atomic E-state index is 0.869. The molecule has 1 atom stereocenters. The summed E-state index contributed by atoms with van der Waals surface area (Å²) >= 11 is 1.95. The van der Waals surface area contributed by atoms with Gasteiger partial charge < -0.3 is 9.80 Å². The molecule has 0 radical (unpaired) electrons. The maximum atomic E-state index is 2.59. The van der Waals surface area contributed by atoms with Crippen LogP contribution in [-0.4, -0.2) is 61.0 Å². The largest absolute Gasteiger partial charge is 0.303 e. The Hall–Kier alpha value is -0.420. The molecule has 0 saturated carbocycles.